The highest BCUT2D eigenvalue weighted by molar-refractivity contribution is 5.91. The van der Waals surface area contributed by atoms with Crippen molar-refractivity contribution in [3.05, 3.63) is 70.7 Å². The summed E-state index contributed by atoms with van der Waals surface area (Å²) in [6.45, 7) is 3.50. The van der Waals surface area contributed by atoms with Crippen molar-refractivity contribution in [1.82, 2.24) is 5.16 Å². The SMILES string of the molecule is Cc1c(F)cccc1[C@@]1(C(=O)O)C=C(c2ccc3onc(C)c3c2)CC1. The summed E-state index contributed by atoms with van der Waals surface area (Å²) < 4.78 is 19.3. The molecule has 4 rings (SSSR count). The van der Waals surface area contributed by atoms with Gasteiger partial charge in [0.1, 0.15) is 11.2 Å². The van der Waals surface area contributed by atoms with Gasteiger partial charge in [-0.15, -0.1) is 0 Å². The van der Waals surface area contributed by atoms with Gasteiger partial charge in [-0.3, -0.25) is 4.79 Å². The molecule has 3 aromatic rings. The lowest BCUT2D eigenvalue weighted by atomic mass is 9.78. The van der Waals surface area contributed by atoms with E-state index in [1.165, 1.54) is 6.07 Å². The molecule has 26 heavy (non-hydrogen) atoms. The van der Waals surface area contributed by atoms with Gasteiger partial charge in [0, 0.05) is 5.39 Å². The zero-order chi connectivity index (χ0) is 18.5. The normalized spacial score (nSPS) is 19.7. The molecular weight excluding hydrogens is 333 g/mol. The molecule has 2 aromatic carbocycles. The van der Waals surface area contributed by atoms with Gasteiger partial charge < -0.3 is 9.63 Å². The minimum Gasteiger partial charge on any atom is -0.480 e. The number of fused-ring (bicyclic) bond motifs is 1. The van der Waals surface area contributed by atoms with Crippen molar-refractivity contribution < 1.29 is 18.8 Å². The predicted molar refractivity (Wildman–Crippen MR) is 96.4 cm³/mol. The first kappa shape index (κ1) is 16.5. The van der Waals surface area contributed by atoms with Crippen molar-refractivity contribution in [2.24, 2.45) is 0 Å². The molecule has 1 aliphatic carbocycles. The Hall–Kier alpha value is -2.95. The number of carbonyl (C=O) groups is 1. The maximum atomic E-state index is 14.0. The fraction of sp³-hybridized carbons (Fsp3) is 0.238. The van der Waals surface area contributed by atoms with Gasteiger partial charge in [0.2, 0.25) is 0 Å². The van der Waals surface area contributed by atoms with E-state index in [0.29, 0.717) is 29.6 Å². The average molecular weight is 351 g/mol. The summed E-state index contributed by atoms with van der Waals surface area (Å²) in [4.78, 5) is 12.2. The maximum Gasteiger partial charge on any atom is 0.318 e. The first-order chi connectivity index (χ1) is 12.4. The highest BCUT2D eigenvalue weighted by atomic mass is 19.1. The van der Waals surface area contributed by atoms with E-state index in [0.717, 1.165) is 22.2 Å². The summed E-state index contributed by atoms with van der Waals surface area (Å²) in [5, 5.41) is 14.9. The zero-order valence-corrected chi connectivity index (χ0v) is 14.5. The summed E-state index contributed by atoms with van der Waals surface area (Å²) >= 11 is 0. The Balaban J connectivity index is 1.86. The van der Waals surface area contributed by atoms with Crippen molar-refractivity contribution in [3.63, 3.8) is 0 Å². The van der Waals surface area contributed by atoms with Crippen molar-refractivity contribution in [1.29, 1.82) is 0 Å². The predicted octanol–water partition coefficient (Wildman–Crippen LogP) is 4.78. The Bertz CT molecular complexity index is 1070. The molecule has 0 amide bonds. The number of benzene rings is 2. The van der Waals surface area contributed by atoms with Gasteiger partial charge in [0.05, 0.1) is 5.69 Å². The summed E-state index contributed by atoms with van der Waals surface area (Å²) in [5.74, 6) is -1.34. The number of aliphatic carboxylic acids is 1. The molecule has 1 N–H and O–H groups in total. The van der Waals surface area contributed by atoms with Crippen LogP contribution in [0.15, 0.2) is 47.0 Å². The van der Waals surface area contributed by atoms with Crippen LogP contribution in [0.3, 0.4) is 0 Å². The molecule has 1 heterocycles. The van der Waals surface area contributed by atoms with E-state index in [1.54, 1.807) is 25.1 Å². The van der Waals surface area contributed by atoms with E-state index in [2.05, 4.69) is 5.16 Å². The fourth-order valence-corrected chi connectivity index (χ4v) is 3.85. The largest absolute Gasteiger partial charge is 0.480 e. The van der Waals surface area contributed by atoms with Crippen molar-refractivity contribution in [2.45, 2.75) is 32.1 Å². The summed E-state index contributed by atoms with van der Waals surface area (Å²) in [5.41, 5.74) is 3.08. The summed E-state index contributed by atoms with van der Waals surface area (Å²) in [6, 6.07) is 10.4. The molecule has 5 heteroatoms. The number of hydrogen-bond donors (Lipinski definition) is 1. The Labute approximate surface area is 149 Å². The molecule has 4 nitrogen and oxygen atoms in total. The number of hydrogen-bond acceptors (Lipinski definition) is 3. The van der Waals surface area contributed by atoms with E-state index in [9.17, 15) is 14.3 Å². The number of aromatic nitrogens is 1. The molecular formula is C21H18FNO3. The molecule has 0 spiro atoms. The van der Waals surface area contributed by atoms with Crippen LogP contribution in [0.25, 0.3) is 16.5 Å². The molecule has 0 aliphatic heterocycles. The van der Waals surface area contributed by atoms with E-state index in [1.807, 2.05) is 25.1 Å². The lowest BCUT2D eigenvalue weighted by Gasteiger charge is -2.24. The molecule has 132 valence electrons. The van der Waals surface area contributed by atoms with Gasteiger partial charge in [-0.05, 0) is 67.2 Å². The van der Waals surface area contributed by atoms with Crippen LogP contribution in [0.5, 0.6) is 0 Å². The third-order valence-corrected chi connectivity index (χ3v) is 5.36. The number of rotatable bonds is 3. The van der Waals surface area contributed by atoms with Crippen LogP contribution in [0.2, 0.25) is 0 Å². The quantitative estimate of drug-likeness (QED) is 0.737. The second-order valence-corrected chi connectivity index (χ2v) is 6.84. The Morgan fingerprint density at radius 2 is 2.08 bits per heavy atom. The first-order valence-electron chi connectivity index (χ1n) is 8.49. The molecule has 1 aromatic heterocycles. The molecule has 0 saturated carbocycles. The van der Waals surface area contributed by atoms with Crippen LogP contribution in [-0.4, -0.2) is 16.2 Å². The number of nitrogens with zero attached hydrogens (tertiary/aromatic N) is 1. The molecule has 1 aliphatic rings. The zero-order valence-electron chi connectivity index (χ0n) is 14.5. The van der Waals surface area contributed by atoms with Gasteiger partial charge in [-0.2, -0.15) is 0 Å². The van der Waals surface area contributed by atoms with Crippen LogP contribution in [0, 0.1) is 19.7 Å². The number of allylic oxidation sites excluding steroid dienone is 1. The smallest absolute Gasteiger partial charge is 0.318 e. The molecule has 0 bridgehead atoms. The highest BCUT2D eigenvalue weighted by Crippen LogP contribution is 2.44. The van der Waals surface area contributed by atoms with Gasteiger partial charge in [0.25, 0.3) is 0 Å². The van der Waals surface area contributed by atoms with Crippen molar-refractivity contribution in [3.8, 4) is 0 Å². The van der Waals surface area contributed by atoms with Crippen LogP contribution in [0.1, 0.15) is 35.2 Å². The van der Waals surface area contributed by atoms with Crippen molar-refractivity contribution >= 4 is 22.5 Å². The van der Waals surface area contributed by atoms with E-state index in [-0.39, 0.29) is 5.82 Å². The lowest BCUT2D eigenvalue weighted by molar-refractivity contribution is -0.141. The molecule has 0 fully saturated rings. The molecule has 0 unspecified atom stereocenters. The minimum absolute atomic E-state index is 0.383. The van der Waals surface area contributed by atoms with Crippen molar-refractivity contribution in [2.75, 3.05) is 0 Å². The highest BCUT2D eigenvalue weighted by Gasteiger charge is 2.43. The monoisotopic (exact) mass is 351 g/mol. The number of halogens is 1. The first-order valence-corrected chi connectivity index (χ1v) is 8.49. The average Bonchev–Trinajstić information content (AvgIpc) is 3.23. The summed E-state index contributed by atoms with van der Waals surface area (Å²) in [7, 11) is 0. The fourth-order valence-electron chi connectivity index (χ4n) is 3.85. The Kier molecular flexibility index (Phi) is 3.68. The maximum absolute atomic E-state index is 14.0. The van der Waals surface area contributed by atoms with E-state index in [4.69, 9.17) is 4.52 Å². The third kappa shape index (κ3) is 2.35. The summed E-state index contributed by atoms with van der Waals surface area (Å²) in [6.07, 6.45) is 2.79. The number of aryl methyl sites for hydroxylation is 1. The van der Waals surface area contributed by atoms with E-state index < -0.39 is 11.4 Å². The standard InChI is InChI=1S/C21H18FNO3/c1-12-17(4-3-5-18(12)22)21(20(24)25)9-8-15(11-21)14-6-7-19-16(10-14)13(2)23-26-19/h3-7,10-11H,8-9H2,1-2H3,(H,24,25)/t21-/m0/s1. The van der Waals surface area contributed by atoms with Gasteiger partial charge in [0.15, 0.2) is 5.58 Å². The van der Waals surface area contributed by atoms with Crippen LogP contribution >= 0.6 is 0 Å². The van der Waals surface area contributed by atoms with Gasteiger partial charge >= 0.3 is 5.97 Å². The minimum atomic E-state index is -1.21. The third-order valence-electron chi connectivity index (χ3n) is 5.36. The lowest BCUT2D eigenvalue weighted by Crippen LogP contribution is -2.32. The number of carboxylic acids is 1. The van der Waals surface area contributed by atoms with E-state index >= 15 is 0 Å². The topological polar surface area (TPSA) is 63.3 Å². The van der Waals surface area contributed by atoms with Crippen LogP contribution in [-0.2, 0) is 10.2 Å². The Morgan fingerprint density at radius 3 is 2.85 bits per heavy atom. The molecule has 0 radical (unpaired) electrons. The Morgan fingerprint density at radius 1 is 1.27 bits per heavy atom. The van der Waals surface area contributed by atoms with Crippen LogP contribution in [0.4, 0.5) is 4.39 Å². The van der Waals surface area contributed by atoms with Gasteiger partial charge in [-0.1, -0.05) is 29.4 Å². The molecule has 0 saturated heterocycles. The van der Waals surface area contributed by atoms with Crippen LogP contribution < -0.4 is 0 Å². The number of carboxylic acid groups (broad SMARTS) is 1. The second-order valence-electron chi connectivity index (χ2n) is 6.84. The second kappa shape index (κ2) is 5.80. The van der Waals surface area contributed by atoms with Gasteiger partial charge in [-0.25, -0.2) is 4.39 Å². The molecule has 1 atom stereocenters.